The summed E-state index contributed by atoms with van der Waals surface area (Å²) in [5.41, 5.74) is 4.11. The molecule has 0 heterocycles. The van der Waals surface area contributed by atoms with E-state index in [0.717, 1.165) is 21.6 Å². The fraction of sp³-hybridized carbons (Fsp3) is 0.294. The number of aryl methyl sites for hydroxylation is 1. The summed E-state index contributed by atoms with van der Waals surface area (Å²) in [6.07, 6.45) is 1.01. The van der Waals surface area contributed by atoms with E-state index in [1.807, 2.05) is 0 Å². The Morgan fingerprint density at radius 2 is 1.65 bits per heavy atom. The van der Waals surface area contributed by atoms with Crippen molar-refractivity contribution in [3.63, 3.8) is 0 Å². The number of halogens is 3. The number of alkyl halides is 2. The van der Waals surface area contributed by atoms with Crippen LogP contribution in [0.15, 0.2) is 53.0 Å². The molecule has 0 spiro atoms. The topological polar surface area (TPSA) is 0 Å². The summed E-state index contributed by atoms with van der Waals surface area (Å²) in [5.74, 6) is 0. The molecule has 2 aromatic carbocycles. The van der Waals surface area contributed by atoms with E-state index in [1.165, 1.54) is 16.7 Å². The first-order valence-corrected chi connectivity index (χ1v) is 9.57. The minimum atomic E-state index is 0.0762. The third kappa shape index (κ3) is 3.75. The van der Waals surface area contributed by atoms with Gasteiger partial charge < -0.3 is 0 Å². The van der Waals surface area contributed by atoms with Crippen molar-refractivity contribution in [2.75, 3.05) is 10.7 Å². The molecule has 0 saturated carbocycles. The lowest BCUT2D eigenvalue weighted by Gasteiger charge is -2.31. The molecule has 0 atom stereocenters. The molecular weight excluding hydrogens is 444 g/mol. The van der Waals surface area contributed by atoms with Gasteiger partial charge in [0.1, 0.15) is 0 Å². The molecule has 20 heavy (non-hydrogen) atoms. The Morgan fingerprint density at radius 1 is 0.950 bits per heavy atom. The van der Waals surface area contributed by atoms with Gasteiger partial charge in [-0.3, -0.25) is 0 Å². The van der Waals surface area contributed by atoms with E-state index in [-0.39, 0.29) is 5.41 Å². The van der Waals surface area contributed by atoms with E-state index in [9.17, 15) is 0 Å². The minimum Gasteiger partial charge on any atom is -0.0918 e. The van der Waals surface area contributed by atoms with Crippen LogP contribution in [-0.2, 0) is 11.8 Å². The Kier molecular flexibility index (Phi) is 5.88. The van der Waals surface area contributed by atoms with Gasteiger partial charge in [0.2, 0.25) is 0 Å². The lowest BCUT2D eigenvalue weighted by molar-refractivity contribution is 0.550. The van der Waals surface area contributed by atoms with Gasteiger partial charge in [0, 0.05) is 20.5 Å². The van der Waals surface area contributed by atoms with Crippen LogP contribution in [-0.4, -0.2) is 10.7 Å². The smallest absolute Gasteiger partial charge is 0.0187 e. The molecule has 0 amide bonds. The van der Waals surface area contributed by atoms with E-state index >= 15 is 0 Å². The van der Waals surface area contributed by atoms with Crippen LogP contribution in [0.1, 0.15) is 16.7 Å². The summed E-state index contributed by atoms with van der Waals surface area (Å²) < 4.78 is 1.14. The summed E-state index contributed by atoms with van der Waals surface area (Å²) in [7, 11) is 0. The van der Waals surface area contributed by atoms with Crippen molar-refractivity contribution in [2.24, 2.45) is 0 Å². The van der Waals surface area contributed by atoms with Gasteiger partial charge in [-0.05, 0) is 36.6 Å². The summed E-state index contributed by atoms with van der Waals surface area (Å²) in [5, 5.41) is 1.86. The van der Waals surface area contributed by atoms with Crippen molar-refractivity contribution in [2.45, 2.75) is 18.8 Å². The second-order valence-electron chi connectivity index (χ2n) is 5.22. The molecule has 106 valence electrons. The van der Waals surface area contributed by atoms with Crippen molar-refractivity contribution < 1.29 is 0 Å². The molecule has 2 rings (SSSR count). The maximum Gasteiger partial charge on any atom is 0.0187 e. The van der Waals surface area contributed by atoms with Gasteiger partial charge in [-0.1, -0.05) is 89.8 Å². The molecule has 0 aromatic heterocycles. The fourth-order valence-corrected chi connectivity index (χ4v) is 4.82. The Bertz CT molecular complexity index is 574. The monoisotopic (exact) mass is 458 g/mol. The molecule has 0 aliphatic carbocycles. The van der Waals surface area contributed by atoms with Crippen LogP contribution in [0.2, 0.25) is 0 Å². The SMILES string of the molecule is Cc1cccc(C(CBr)(CBr)Cc2cccc(Br)c2)c1. The van der Waals surface area contributed by atoms with Crippen LogP contribution in [0.25, 0.3) is 0 Å². The predicted octanol–water partition coefficient (Wildman–Crippen LogP) is 6.03. The van der Waals surface area contributed by atoms with Gasteiger partial charge in [0.05, 0.1) is 0 Å². The highest BCUT2D eigenvalue weighted by Crippen LogP contribution is 2.33. The zero-order valence-electron chi connectivity index (χ0n) is 11.4. The molecule has 0 radical (unpaired) electrons. The van der Waals surface area contributed by atoms with Gasteiger partial charge in [-0.25, -0.2) is 0 Å². The molecule has 0 bridgehead atoms. The normalized spacial score (nSPS) is 11.6. The zero-order valence-corrected chi connectivity index (χ0v) is 16.1. The molecule has 2 aromatic rings. The van der Waals surface area contributed by atoms with Crippen LogP contribution in [0.5, 0.6) is 0 Å². The maximum atomic E-state index is 3.73. The molecule has 0 fully saturated rings. The average molecular weight is 461 g/mol. The number of rotatable bonds is 5. The van der Waals surface area contributed by atoms with Crippen molar-refractivity contribution >= 4 is 47.8 Å². The van der Waals surface area contributed by atoms with Gasteiger partial charge in [-0.2, -0.15) is 0 Å². The van der Waals surface area contributed by atoms with Gasteiger partial charge in [0.15, 0.2) is 0 Å². The molecule has 3 heteroatoms. The Hall–Kier alpha value is -0.120. The van der Waals surface area contributed by atoms with Crippen LogP contribution >= 0.6 is 47.8 Å². The van der Waals surface area contributed by atoms with Gasteiger partial charge >= 0.3 is 0 Å². The maximum absolute atomic E-state index is 3.73. The van der Waals surface area contributed by atoms with Crippen LogP contribution < -0.4 is 0 Å². The first kappa shape index (κ1) is 16.3. The summed E-state index contributed by atoms with van der Waals surface area (Å²) in [6.45, 7) is 2.15. The molecule has 0 aliphatic rings. The van der Waals surface area contributed by atoms with Gasteiger partial charge in [0.25, 0.3) is 0 Å². The van der Waals surface area contributed by atoms with E-state index in [1.54, 1.807) is 0 Å². The Balaban J connectivity index is 2.39. The Morgan fingerprint density at radius 3 is 2.25 bits per heavy atom. The molecule has 0 N–H and O–H groups in total. The molecule has 0 nitrogen and oxygen atoms in total. The highest BCUT2D eigenvalue weighted by Gasteiger charge is 2.30. The standard InChI is InChI=1S/C17H17Br3/c1-13-4-2-6-15(8-13)17(11-18,12-19)10-14-5-3-7-16(20)9-14/h2-9H,10-12H2,1H3. The fourth-order valence-electron chi connectivity index (χ4n) is 2.40. The lowest BCUT2D eigenvalue weighted by atomic mass is 9.78. The third-order valence-corrected chi connectivity index (χ3v) is 6.21. The molecule has 0 aliphatic heterocycles. The molecule has 0 unspecified atom stereocenters. The first-order valence-electron chi connectivity index (χ1n) is 6.53. The third-order valence-electron chi connectivity index (χ3n) is 3.57. The minimum absolute atomic E-state index is 0.0762. The lowest BCUT2D eigenvalue weighted by Crippen LogP contribution is -2.33. The van der Waals surface area contributed by atoms with Crippen molar-refractivity contribution in [3.05, 3.63) is 69.7 Å². The van der Waals surface area contributed by atoms with Crippen molar-refractivity contribution in [1.82, 2.24) is 0 Å². The number of hydrogen-bond acceptors (Lipinski definition) is 0. The highest BCUT2D eigenvalue weighted by atomic mass is 79.9. The van der Waals surface area contributed by atoms with Crippen molar-refractivity contribution in [3.8, 4) is 0 Å². The van der Waals surface area contributed by atoms with E-state index < -0.39 is 0 Å². The average Bonchev–Trinajstić information content (AvgIpc) is 2.45. The van der Waals surface area contributed by atoms with Crippen LogP contribution in [0.3, 0.4) is 0 Å². The summed E-state index contributed by atoms with van der Waals surface area (Å²) >= 11 is 11.0. The summed E-state index contributed by atoms with van der Waals surface area (Å²) in [6, 6.07) is 17.4. The zero-order chi connectivity index (χ0) is 14.6. The van der Waals surface area contributed by atoms with Gasteiger partial charge in [-0.15, -0.1) is 0 Å². The quantitative estimate of drug-likeness (QED) is 0.478. The molecule has 0 saturated heterocycles. The van der Waals surface area contributed by atoms with E-state index in [2.05, 4.69) is 103 Å². The number of hydrogen-bond donors (Lipinski definition) is 0. The second-order valence-corrected chi connectivity index (χ2v) is 7.26. The highest BCUT2D eigenvalue weighted by molar-refractivity contribution is 9.10. The molecular formula is C17H17Br3. The Labute approximate surface area is 146 Å². The summed E-state index contributed by atoms with van der Waals surface area (Å²) in [4.78, 5) is 0. The predicted molar refractivity (Wildman–Crippen MR) is 98.3 cm³/mol. The second kappa shape index (κ2) is 7.24. The number of benzene rings is 2. The van der Waals surface area contributed by atoms with E-state index in [4.69, 9.17) is 0 Å². The van der Waals surface area contributed by atoms with Crippen LogP contribution in [0.4, 0.5) is 0 Å². The van der Waals surface area contributed by atoms with Crippen molar-refractivity contribution in [1.29, 1.82) is 0 Å². The van der Waals surface area contributed by atoms with Crippen LogP contribution in [0, 0.1) is 6.92 Å². The van der Waals surface area contributed by atoms with E-state index in [0.29, 0.717) is 0 Å². The largest absolute Gasteiger partial charge is 0.0918 e. The first-order chi connectivity index (χ1) is 9.59.